The molecule has 0 saturated carbocycles. The quantitative estimate of drug-likeness (QED) is 0.842. The summed E-state index contributed by atoms with van der Waals surface area (Å²) in [4.78, 5) is 17.6. The second-order valence-electron chi connectivity index (χ2n) is 5.44. The zero-order valence-corrected chi connectivity index (χ0v) is 14.5. The van der Waals surface area contributed by atoms with Gasteiger partial charge in [0.25, 0.3) is 0 Å². The predicted octanol–water partition coefficient (Wildman–Crippen LogP) is 3.33. The highest BCUT2D eigenvalue weighted by atomic mass is 35.5. The zero-order chi connectivity index (χ0) is 16.2. The Morgan fingerprint density at radius 1 is 1.42 bits per heavy atom. The third-order valence-electron chi connectivity index (χ3n) is 3.79. The molecule has 1 atom stereocenters. The van der Waals surface area contributed by atoms with Crippen LogP contribution < -0.4 is 4.74 Å². The van der Waals surface area contributed by atoms with Crippen LogP contribution in [0, 0.1) is 5.82 Å². The van der Waals surface area contributed by atoms with E-state index in [0.717, 1.165) is 23.7 Å². The SMILES string of the molecule is Cl.O=C(O)[C@H]1CCCN1Cc1csc(COc2ccc(F)cc2)n1. The number of aliphatic carboxylic acids is 1. The van der Waals surface area contributed by atoms with Crippen molar-refractivity contribution in [1.29, 1.82) is 0 Å². The van der Waals surface area contributed by atoms with Crippen LogP contribution in [0.2, 0.25) is 0 Å². The summed E-state index contributed by atoms with van der Waals surface area (Å²) < 4.78 is 18.4. The summed E-state index contributed by atoms with van der Waals surface area (Å²) in [5.41, 5.74) is 0.862. The number of carbonyl (C=O) groups is 1. The van der Waals surface area contributed by atoms with Crippen molar-refractivity contribution in [3.8, 4) is 5.75 Å². The molecule has 1 saturated heterocycles. The second-order valence-corrected chi connectivity index (χ2v) is 6.38. The number of halogens is 2. The van der Waals surface area contributed by atoms with Gasteiger partial charge in [-0.05, 0) is 43.7 Å². The summed E-state index contributed by atoms with van der Waals surface area (Å²) in [5, 5.41) is 11.9. The van der Waals surface area contributed by atoms with E-state index in [9.17, 15) is 14.3 Å². The third-order valence-corrected chi connectivity index (χ3v) is 4.66. The molecule has 0 amide bonds. The van der Waals surface area contributed by atoms with Crippen molar-refractivity contribution in [2.75, 3.05) is 6.54 Å². The summed E-state index contributed by atoms with van der Waals surface area (Å²) in [6.45, 7) is 1.65. The first-order valence-electron chi connectivity index (χ1n) is 7.40. The molecule has 1 aromatic carbocycles. The van der Waals surface area contributed by atoms with Gasteiger partial charge < -0.3 is 9.84 Å². The lowest BCUT2D eigenvalue weighted by Gasteiger charge is -2.19. The molecule has 0 bridgehead atoms. The van der Waals surface area contributed by atoms with E-state index in [1.54, 1.807) is 12.1 Å². The van der Waals surface area contributed by atoms with E-state index >= 15 is 0 Å². The Bertz CT molecular complexity index is 680. The third kappa shape index (κ3) is 4.66. The fraction of sp³-hybridized carbons (Fsp3) is 0.375. The molecule has 2 heterocycles. The number of hydrogen-bond acceptors (Lipinski definition) is 5. The Kier molecular flexibility index (Phi) is 6.53. The van der Waals surface area contributed by atoms with E-state index in [2.05, 4.69) is 4.98 Å². The number of nitrogens with zero attached hydrogens (tertiary/aromatic N) is 2. The number of carboxylic acids is 1. The van der Waals surface area contributed by atoms with Crippen LogP contribution in [0.5, 0.6) is 5.75 Å². The number of ether oxygens (including phenoxy) is 1. The van der Waals surface area contributed by atoms with Gasteiger partial charge in [0.2, 0.25) is 0 Å². The van der Waals surface area contributed by atoms with Gasteiger partial charge >= 0.3 is 5.97 Å². The van der Waals surface area contributed by atoms with Gasteiger partial charge in [0.05, 0.1) is 5.69 Å². The van der Waals surface area contributed by atoms with E-state index in [1.165, 1.54) is 23.5 Å². The number of thiazole rings is 1. The fourth-order valence-corrected chi connectivity index (χ4v) is 3.36. The molecule has 0 aliphatic carbocycles. The molecule has 130 valence electrons. The summed E-state index contributed by atoms with van der Waals surface area (Å²) in [6.07, 6.45) is 1.60. The van der Waals surface area contributed by atoms with Crippen molar-refractivity contribution in [2.24, 2.45) is 0 Å². The number of benzene rings is 1. The van der Waals surface area contributed by atoms with Crippen LogP contribution in [-0.2, 0) is 17.9 Å². The number of likely N-dealkylation sites (tertiary alicyclic amines) is 1. The Morgan fingerprint density at radius 3 is 2.88 bits per heavy atom. The lowest BCUT2D eigenvalue weighted by atomic mass is 10.2. The van der Waals surface area contributed by atoms with Gasteiger partial charge in [0.1, 0.15) is 29.2 Å². The van der Waals surface area contributed by atoms with Crippen molar-refractivity contribution < 1.29 is 19.0 Å². The van der Waals surface area contributed by atoms with Crippen LogP contribution in [0.15, 0.2) is 29.6 Å². The lowest BCUT2D eigenvalue weighted by molar-refractivity contribution is -0.142. The van der Waals surface area contributed by atoms with Gasteiger partial charge in [-0.1, -0.05) is 0 Å². The van der Waals surface area contributed by atoms with Crippen LogP contribution in [-0.4, -0.2) is 33.5 Å². The molecule has 2 aromatic rings. The van der Waals surface area contributed by atoms with Crippen molar-refractivity contribution in [2.45, 2.75) is 32.0 Å². The molecule has 8 heteroatoms. The molecule has 0 unspecified atom stereocenters. The molecular weight excluding hydrogens is 355 g/mol. The predicted molar refractivity (Wildman–Crippen MR) is 91.2 cm³/mol. The highest BCUT2D eigenvalue weighted by Crippen LogP contribution is 2.22. The van der Waals surface area contributed by atoms with E-state index < -0.39 is 12.0 Å². The highest BCUT2D eigenvalue weighted by molar-refractivity contribution is 7.09. The Morgan fingerprint density at radius 2 is 2.17 bits per heavy atom. The molecule has 5 nitrogen and oxygen atoms in total. The van der Waals surface area contributed by atoms with Gasteiger partial charge in [-0.25, -0.2) is 9.37 Å². The smallest absolute Gasteiger partial charge is 0.320 e. The summed E-state index contributed by atoms with van der Waals surface area (Å²) in [5.74, 6) is -0.473. The van der Waals surface area contributed by atoms with Crippen molar-refractivity contribution in [3.05, 3.63) is 46.2 Å². The largest absolute Gasteiger partial charge is 0.486 e. The van der Waals surface area contributed by atoms with Crippen LogP contribution in [0.25, 0.3) is 0 Å². The monoisotopic (exact) mass is 372 g/mol. The van der Waals surface area contributed by atoms with Gasteiger partial charge in [-0.15, -0.1) is 23.7 Å². The topological polar surface area (TPSA) is 62.7 Å². The zero-order valence-electron chi connectivity index (χ0n) is 12.9. The van der Waals surface area contributed by atoms with E-state index in [-0.39, 0.29) is 18.2 Å². The van der Waals surface area contributed by atoms with Gasteiger partial charge in [-0.3, -0.25) is 9.69 Å². The van der Waals surface area contributed by atoms with Crippen molar-refractivity contribution in [3.63, 3.8) is 0 Å². The maximum atomic E-state index is 12.8. The minimum absolute atomic E-state index is 0. The average molecular weight is 373 g/mol. The lowest BCUT2D eigenvalue weighted by Crippen LogP contribution is -2.35. The van der Waals surface area contributed by atoms with E-state index in [1.807, 2.05) is 10.3 Å². The van der Waals surface area contributed by atoms with Crippen LogP contribution >= 0.6 is 23.7 Å². The van der Waals surface area contributed by atoms with Crippen LogP contribution in [0.1, 0.15) is 23.5 Å². The molecule has 1 aromatic heterocycles. The maximum absolute atomic E-state index is 12.8. The summed E-state index contributed by atoms with van der Waals surface area (Å²) >= 11 is 1.48. The Hall–Kier alpha value is -1.70. The fourth-order valence-electron chi connectivity index (χ4n) is 2.67. The van der Waals surface area contributed by atoms with Gasteiger partial charge in [0, 0.05) is 11.9 Å². The maximum Gasteiger partial charge on any atom is 0.320 e. The van der Waals surface area contributed by atoms with Crippen LogP contribution in [0.3, 0.4) is 0 Å². The number of carboxylic acid groups (broad SMARTS) is 1. The van der Waals surface area contributed by atoms with Crippen molar-refractivity contribution in [1.82, 2.24) is 9.88 Å². The van der Waals surface area contributed by atoms with Gasteiger partial charge in [-0.2, -0.15) is 0 Å². The summed E-state index contributed by atoms with van der Waals surface area (Å²) in [7, 11) is 0. The molecule has 24 heavy (non-hydrogen) atoms. The highest BCUT2D eigenvalue weighted by Gasteiger charge is 2.30. The molecule has 1 aliphatic rings. The molecule has 0 spiro atoms. The summed E-state index contributed by atoms with van der Waals surface area (Å²) in [6, 6.07) is 5.44. The second kappa shape index (κ2) is 8.41. The molecule has 0 radical (unpaired) electrons. The number of hydrogen-bond donors (Lipinski definition) is 1. The number of aromatic nitrogens is 1. The first-order valence-corrected chi connectivity index (χ1v) is 8.28. The Balaban J connectivity index is 0.00000208. The molecular formula is C16H18ClFN2O3S. The molecule has 1 aliphatic heterocycles. The van der Waals surface area contributed by atoms with Crippen LogP contribution in [0.4, 0.5) is 4.39 Å². The van der Waals surface area contributed by atoms with Gasteiger partial charge in [0.15, 0.2) is 0 Å². The number of rotatable bonds is 6. The minimum atomic E-state index is -0.766. The molecule has 1 fully saturated rings. The first-order chi connectivity index (χ1) is 11.1. The Labute approximate surface area is 149 Å². The average Bonchev–Trinajstić information content (AvgIpc) is 3.16. The standard InChI is InChI=1S/C16H17FN2O3S.ClH/c17-11-3-5-13(6-4-11)22-9-15-18-12(10-23-15)8-19-7-1-2-14(19)16(20)21;/h3-6,10,14H,1-2,7-9H2,(H,20,21);1H/t14-;/m1./s1. The first kappa shape index (κ1) is 18.6. The minimum Gasteiger partial charge on any atom is -0.486 e. The molecule has 3 rings (SSSR count). The molecule has 1 N–H and O–H groups in total. The van der Waals surface area contributed by atoms with Crippen molar-refractivity contribution >= 4 is 29.7 Å². The normalized spacial score (nSPS) is 17.5. The van der Waals surface area contributed by atoms with E-state index in [4.69, 9.17) is 4.74 Å². The van der Waals surface area contributed by atoms with E-state index in [0.29, 0.717) is 25.3 Å².